The number of aromatic nitrogens is 1. The van der Waals surface area contributed by atoms with Crippen LogP contribution < -0.4 is 5.43 Å². The maximum absolute atomic E-state index is 12.0. The van der Waals surface area contributed by atoms with Gasteiger partial charge in [-0.25, -0.2) is 5.43 Å². The summed E-state index contributed by atoms with van der Waals surface area (Å²) in [4.78, 5) is 16.0. The molecule has 1 N–H and O–H groups in total. The Balaban J connectivity index is 2.10. The smallest absolute Gasteiger partial charge is 0.267 e. The van der Waals surface area contributed by atoms with Crippen LogP contribution in [0.25, 0.3) is 0 Å². The average Bonchev–Trinajstić information content (AvgIpc) is 2.48. The summed E-state index contributed by atoms with van der Waals surface area (Å²) in [5.41, 5.74) is 7.02. The topological polar surface area (TPSA) is 54.4 Å². The van der Waals surface area contributed by atoms with Crippen molar-refractivity contribution in [3.05, 3.63) is 65.0 Å². The van der Waals surface area contributed by atoms with Gasteiger partial charge in [0.15, 0.2) is 0 Å². The molecule has 1 aromatic carbocycles. The van der Waals surface area contributed by atoms with E-state index in [2.05, 4.69) is 15.5 Å². The lowest BCUT2D eigenvalue weighted by molar-refractivity contribution is 0.0954. The molecular weight excluding hydrogens is 250 g/mol. The number of carbonyl (C=O) groups is 1. The predicted molar refractivity (Wildman–Crippen MR) is 79.8 cm³/mol. The first-order valence-corrected chi connectivity index (χ1v) is 6.40. The monoisotopic (exact) mass is 267 g/mol. The van der Waals surface area contributed by atoms with Crippen LogP contribution in [0.4, 0.5) is 0 Å². The van der Waals surface area contributed by atoms with Crippen molar-refractivity contribution >= 4 is 11.6 Å². The van der Waals surface area contributed by atoms with Gasteiger partial charge < -0.3 is 0 Å². The predicted octanol–water partition coefficient (Wildman–Crippen LogP) is 2.85. The van der Waals surface area contributed by atoms with Gasteiger partial charge in [0.1, 0.15) is 0 Å². The lowest BCUT2D eigenvalue weighted by Crippen LogP contribution is -2.19. The van der Waals surface area contributed by atoms with Crippen molar-refractivity contribution in [2.24, 2.45) is 5.10 Å². The standard InChI is InChI=1S/C16H17N3O/c1-11-6-7-14(9-12(11)2)16(20)19-18-13(3)15-5-4-8-17-10-15/h4-10H,1-3H3,(H,19,20)/b18-13+. The minimum Gasteiger partial charge on any atom is -0.267 e. The van der Waals surface area contributed by atoms with E-state index in [9.17, 15) is 4.79 Å². The van der Waals surface area contributed by atoms with Crippen molar-refractivity contribution in [1.29, 1.82) is 0 Å². The number of nitrogens with one attached hydrogen (secondary N) is 1. The Morgan fingerprint density at radius 1 is 1.15 bits per heavy atom. The highest BCUT2D eigenvalue weighted by Gasteiger charge is 2.06. The number of hydrogen-bond donors (Lipinski definition) is 1. The Morgan fingerprint density at radius 2 is 1.95 bits per heavy atom. The summed E-state index contributed by atoms with van der Waals surface area (Å²) in [6.45, 7) is 5.83. The molecule has 1 heterocycles. The maximum atomic E-state index is 12.0. The van der Waals surface area contributed by atoms with Gasteiger partial charge in [-0.05, 0) is 50.1 Å². The van der Waals surface area contributed by atoms with Gasteiger partial charge in [0.2, 0.25) is 0 Å². The van der Waals surface area contributed by atoms with Gasteiger partial charge in [0.25, 0.3) is 5.91 Å². The highest BCUT2D eigenvalue weighted by Crippen LogP contribution is 2.09. The highest BCUT2D eigenvalue weighted by atomic mass is 16.2. The summed E-state index contributed by atoms with van der Waals surface area (Å²) >= 11 is 0. The third-order valence-electron chi connectivity index (χ3n) is 3.17. The molecule has 0 aliphatic rings. The van der Waals surface area contributed by atoms with E-state index in [0.29, 0.717) is 5.56 Å². The Kier molecular flexibility index (Phi) is 4.25. The third-order valence-corrected chi connectivity index (χ3v) is 3.17. The molecule has 0 aliphatic heterocycles. The van der Waals surface area contributed by atoms with E-state index in [1.54, 1.807) is 18.5 Å². The van der Waals surface area contributed by atoms with Crippen molar-refractivity contribution in [2.75, 3.05) is 0 Å². The molecular formula is C16H17N3O. The molecule has 0 bridgehead atoms. The fraction of sp³-hybridized carbons (Fsp3) is 0.188. The van der Waals surface area contributed by atoms with Crippen LogP contribution in [-0.4, -0.2) is 16.6 Å². The van der Waals surface area contributed by atoms with Crippen molar-refractivity contribution in [2.45, 2.75) is 20.8 Å². The van der Waals surface area contributed by atoms with Gasteiger partial charge in [0, 0.05) is 23.5 Å². The minimum absolute atomic E-state index is 0.212. The number of pyridine rings is 1. The van der Waals surface area contributed by atoms with Crippen LogP contribution in [0.15, 0.2) is 47.8 Å². The Labute approximate surface area is 118 Å². The number of carbonyl (C=O) groups excluding carboxylic acids is 1. The molecule has 0 spiro atoms. The number of nitrogens with zero attached hydrogens (tertiary/aromatic N) is 2. The molecule has 4 nitrogen and oxygen atoms in total. The number of aryl methyl sites for hydroxylation is 2. The molecule has 0 saturated heterocycles. The molecule has 4 heteroatoms. The molecule has 1 amide bonds. The van der Waals surface area contributed by atoms with Crippen molar-refractivity contribution in [3.8, 4) is 0 Å². The van der Waals surface area contributed by atoms with E-state index in [0.717, 1.165) is 22.4 Å². The van der Waals surface area contributed by atoms with Crippen LogP contribution in [0.2, 0.25) is 0 Å². The van der Waals surface area contributed by atoms with Crippen LogP contribution in [-0.2, 0) is 0 Å². The fourth-order valence-corrected chi connectivity index (χ4v) is 1.72. The second kappa shape index (κ2) is 6.10. The van der Waals surface area contributed by atoms with Crippen molar-refractivity contribution < 1.29 is 4.79 Å². The second-order valence-corrected chi connectivity index (χ2v) is 4.68. The molecule has 1 aromatic heterocycles. The molecule has 0 aliphatic carbocycles. The van der Waals surface area contributed by atoms with E-state index in [1.165, 1.54) is 0 Å². The van der Waals surface area contributed by atoms with Gasteiger partial charge in [0.05, 0.1) is 5.71 Å². The van der Waals surface area contributed by atoms with E-state index >= 15 is 0 Å². The van der Waals surface area contributed by atoms with Crippen LogP contribution in [0.1, 0.15) is 34.0 Å². The summed E-state index contributed by atoms with van der Waals surface area (Å²) < 4.78 is 0. The van der Waals surface area contributed by atoms with E-state index in [4.69, 9.17) is 0 Å². The normalized spacial score (nSPS) is 11.2. The van der Waals surface area contributed by atoms with E-state index < -0.39 is 0 Å². The number of rotatable bonds is 3. The fourth-order valence-electron chi connectivity index (χ4n) is 1.72. The molecule has 0 fully saturated rings. The third kappa shape index (κ3) is 3.29. The Morgan fingerprint density at radius 3 is 2.60 bits per heavy atom. The quantitative estimate of drug-likeness (QED) is 0.686. The zero-order valence-electron chi connectivity index (χ0n) is 11.8. The first-order chi connectivity index (χ1) is 9.58. The summed E-state index contributed by atoms with van der Waals surface area (Å²) in [5.74, 6) is -0.212. The molecule has 102 valence electrons. The maximum Gasteiger partial charge on any atom is 0.271 e. The van der Waals surface area contributed by atoms with Crippen LogP contribution in [0.5, 0.6) is 0 Å². The van der Waals surface area contributed by atoms with Gasteiger partial charge >= 0.3 is 0 Å². The highest BCUT2D eigenvalue weighted by molar-refractivity contribution is 6.00. The first-order valence-electron chi connectivity index (χ1n) is 6.40. The SMILES string of the molecule is C/C(=N\NC(=O)c1ccc(C)c(C)c1)c1cccnc1. The number of benzene rings is 1. The second-order valence-electron chi connectivity index (χ2n) is 4.68. The van der Waals surface area contributed by atoms with Crippen LogP contribution in [0, 0.1) is 13.8 Å². The Bertz CT molecular complexity index is 648. The van der Waals surface area contributed by atoms with E-state index in [-0.39, 0.29) is 5.91 Å². The van der Waals surface area contributed by atoms with E-state index in [1.807, 2.05) is 45.0 Å². The van der Waals surface area contributed by atoms with Gasteiger partial charge in [-0.1, -0.05) is 12.1 Å². The lowest BCUT2D eigenvalue weighted by atomic mass is 10.1. The summed E-state index contributed by atoms with van der Waals surface area (Å²) in [5, 5.41) is 4.10. The Hall–Kier alpha value is -2.49. The number of hydrazone groups is 1. The first kappa shape index (κ1) is 13.9. The zero-order chi connectivity index (χ0) is 14.5. The summed E-state index contributed by atoms with van der Waals surface area (Å²) in [6, 6.07) is 9.32. The molecule has 0 unspecified atom stereocenters. The number of amides is 1. The van der Waals surface area contributed by atoms with Gasteiger partial charge in [-0.15, -0.1) is 0 Å². The summed E-state index contributed by atoms with van der Waals surface area (Å²) in [7, 11) is 0. The molecule has 20 heavy (non-hydrogen) atoms. The summed E-state index contributed by atoms with van der Waals surface area (Å²) in [6.07, 6.45) is 3.41. The van der Waals surface area contributed by atoms with Crippen LogP contribution in [0.3, 0.4) is 0 Å². The molecule has 0 atom stereocenters. The van der Waals surface area contributed by atoms with Gasteiger partial charge in [-0.3, -0.25) is 9.78 Å². The average molecular weight is 267 g/mol. The molecule has 0 radical (unpaired) electrons. The van der Waals surface area contributed by atoms with Crippen molar-refractivity contribution in [3.63, 3.8) is 0 Å². The number of hydrogen-bond acceptors (Lipinski definition) is 3. The molecule has 0 saturated carbocycles. The van der Waals surface area contributed by atoms with Crippen LogP contribution >= 0.6 is 0 Å². The lowest BCUT2D eigenvalue weighted by Gasteiger charge is -2.05. The van der Waals surface area contributed by atoms with Crippen molar-refractivity contribution in [1.82, 2.24) is 10.4 Å². The van der Waals surface area contributed by atoms with Gasteiger partial charge in [-0.2, -0.15) is 5.10 Å². The molecule has 2 rings (SSSR count). The zero-order valence-corrected chi connectivity index (χ0v) is 11.8. The minimum atomic E-state index is -0.212. The largest absolute Gasteiger partial charge is 0.271 e. The molecule has 2 aromatic rings.